The standard InChI is InChI=1S/C6H10N4O4S/c7-6(11)14-4-3-9-15(12,13)5-1-2-8-10-5/h1-2,9H,3-4H2,(H2,7,11)(H,8,10). The van der Waals surface area contributed by atoms with Gasteiger partial charge in [-0.25, -0.2) is 17.9 Å². The molecule has 0 aliphatic carbocycles. The number of carbonyl (C=O) groups excluding carboxylic acids is 1. The molecule has 1 heterocycles. The van der Waals surface area contributed by atoms with Crippen LogP contribution in [0.15, 0.2) is 17.3 Å². The summed E-state index contributed by atoms with van der Waals surface area (Å²) in [5.41, 5.74) is 4.68. The van der Waals surface area contributed by atoms with Crippen LogP contribution in [-0.2, 0) is 14.8 Å². The van der Waals surface area contributed by atoms with Crippen molar-refractivity contribution in [1.82, 2.24) is 14.9 Å². The third-order valence-electron chi connectivity index (χ3n) is 1.40. The smallest absolute Gasteiger partial charge is 0.404 e. The van der Waals surface area contributed by atoms with E-state index in [1.54, 1.807) is 0 Å². The van der Waals surface area contributed by atoms with E-state index < -0.39 is 16.1 Å². The fourth-order valence-electron chi connectivity index (χ4n) is 0.798. The summed E-state index contributed by atoms with van der Waals surface area (Å²) < 4.78 is 29.3. The molecular weight excluding hydrogens is 224 g/mol. The van der Waals surface area contributed by atoms with Crippen LogP contribution in [-0.4, -0.2) is 37.9 Å². The highest BCUT2D eigenvalue weighted by Crippen LogP contribution is 2.00. The number of carbonyl (C=O) groups is 1. The van der Waals surface area contributed by atoms with Crippen LogP contribution in [0.2, 0.25) is 0 Å². The Kier molecular flexibility index (Phi) is 3.63. The number of amides is 1. The molecule has 0 spiro atoms. The van der Waals surface area contributed by atoms with Gasteiger partial charge >= 0.3 is 6.09 Å². The lowest BCUT2D eigenvalue weighted by Crippen LogP contribution is -2.29. The third kappa shape index (κ3) is 3.56. The van der Waals surface area contributed by atoms with Crippen molar-refractivity contribution in [3.63, 3.8) is 0 Å². The fourth-order valence-corrected chi connectivity index (χ4v) is 1.72. The van der Waals surface area contributed by atoms with Crippen molar-refractivity contribution in [2.75, 3.05) is 13.2 Å². The van der Waals surface area contributed by atoms with Gasteiger partial charge in [0.1, 0.15) is 6.61 Å². The summed E-state index contributed by atoms with van der Waals surface area (Å²) in [6.07, 6.45) is 0.366. The van der Waals surface area contributed by atoms with Crippen molar-refractivity contribution in [3.8, 4) is 0 Å². The Labute approximate surface area is 85.8 Å². The number of H-pyrrole nitrogens is 1. The lowest BCUT2D eigenvalue weighted by Gasteiger charge is -2.04. The molecule has 9 heteroatoms. The molecule has 8 nitrogen and oxygen atoms in total. The van der Waals surface area contributed by atoms with Gasteiger partial charge in [-0.3, -0.25) is 5.10 Å². The van der Waals surface area contributed by atoms with Gasteiger partial charge in [-0.2, -0.15) is 5.10 Å². The molecule has 0 aromatic carbocycles. The van der Waals surface area contributed by atoms with Crippen LogP contribution in [0, 0.1) is 0 Å². The Morgan fingerprint density at radius 1 is 1.67 bits per heavy atom. The zero-order chi connectivity index (χ0) is 11.3. The predicted molar refractivity (Wildman–Crippen MR) is 49.3 cm³/mol. The minimum absolute atomic E-state index is 0.0513. The molecule has 0 atom stereocenters. The number of sulfonamides is 1. The molecular formula is C6H10N4O4S. The van der Waals surface area contributed by atoms with Gasteiger partial charge in [-0.1, -0.05) is 0 Å². The van der Waals surface area contributed by atoms with Crippen molar-refractivity contribution in [1.29, 1.82) is 0 Å². The minimum Gasteiger partial charge on any atom is -0.448 e. The molecule has 0 bridgehead atoms. The van der Waals surface area contributed by atoms with Crippen LogP contribution in [0.1, 0.15) is 0 Å². The second kappa shape index (κ2) is 4.75. The largest absolute Gasteiger partial charge is 0.448 e. The maximum atomic E-state index is 11.4. The fraction of sp³-hybridized carbons (Fsp3) is 0.333. The molecule has 0 saturated carbocycles. The number of nitrogens with two attached hydrogens (primary N) is 1. The van der Waals surface area contributed by atoms with Crippen LogP contribution < -0.4 is 10.5 Å². The highest BCUT2D eigenvalue weighted by Gasteiger charge is 2.14. The first-order valence-electron chi connectivity index (χ1n) is 3.93. The average Bonchev–Trinajstić information content (AvgIpc) is 2.65. The molecule has 15 heavy (non-hydrogen) atoms. The summed E-state index contributed by atoms with van der Waals surface area (Å²) in [4.78, 5) is 10.2. The van der Waals surface area contributed by atoms with E-state index in [9.17, 15) is 13.2 Å². The summed E-state index contributed by atoms with van der Waals surface area (Å²) in [6.45, 7) is -0.174. The SMILES string of the molecule is NC(=O)OCCNS(=O)(=O)c1ccn[nH]1. The van der Waals surface area contributed by atoms with Gasteiger partial charge in [-0.15, -0.1) is 0 Å². The van der Waals surface area contributed by atoms with Crippen LogP contribution in [0.25, 0.3) is 0 Å². The van der Waals surface area contributed by atoms with Crippen molar-refractivity contribution >= 4 is 16.1 Å². The van der Waals surface area contributed by atoms with Crippen LogP contribution >= 0.6 is 0 Å². The molecule has 1 aromatic heterocycles. The molecule has 0 radical (unpaired) electrons. The Bertz CT molecular complexity index is 412. The zero-order valence-corrected chi connectivity index (χ0v) is 8.45. The summed E-state index contributed by atoms with van der Waals surface area (Å²) in [5.74, 6) is 0. The van der Waals surface area contributed by atoms with Crippen LogP contribution in [0.3, 0.4) is 0 Å². The molecule has 4 N–H and O–H groups in total. The van der Waals surface area contributed by atoms with Gasteiger partial charge in [0, 0.05) is 6.54 Å². The Morgan fingerprint density at radius 2 is 2.40 bits per heavy atom. The van der Waals surface area contributed by atoms with E-state index in [2.05, 4.69) is 25.4 Å². The Hall–Kier alpha value is -1.61. The monoisotopic (exact) mass is 234 g/mol. The maximum Gasteiger partial charge on any atom is 0.404 e. The third-order valence-corrected chi connectivity index (χ3v) is 2.79. The highest BCUT2D eigenvalue weighted by molar-refractivity contribution is 7.89. The summed E-state index contributed by atoms with van der Waals surface area (Å²) >= 11 is 0. The van der Waals surface area contributed by atoms with Crippen molar-refractivity contribution in [3.05, 3.63) is 12.3 Å². The lowest BCUT2D eigenvalue weighted by molar-refractivity contribution is 0.159. The molecule has 84 valence electrons. The number of hydrogen-bond donors (Lipinski definition) is 3. The van der Waals surface area contributed by atoms with E-state index in [0.29, 0.717) is 0 Å². The molecule has 0 aliphatic rings. The number of ether oxygens (including phenoxy) is 1. The minimum atomic E-state index is -3.62. The van der Waals surface area contributed by atoms with Crippen molar-refractivity contribution < 1.29 is 17.9 Å². The molecule has 0 saturated heterocycles. The first-order valence-corrected chi connectivity index (χ1v) is 5.42. The molecule has 1 aromatic rings. The van der Waals surface area contributed by atoms with Crippen molar-refractivity contribution in [2.45, 2.75) is 5.03 Å². The number of nitrogens with zero attached hydrogens (tertiary/aromatic N) is 1. The normalized spacial score (nSPS) is 11.2. The van der Waals surface area contributed by atoms with E-state index in [0.717, 1.165) is 0 Å². The van der Waals surface area contributed by atoms with Crippen molar-refractivity contribution in [2.24, 2.45) is 5.73 Å². The van der Waals surface area contributed by atoms with E-state index in [-0.39, 0.29) is 18.2 Å². The molecule has 1 rings (SSSR count). The van der Waals surface area contributed by atoms with Gasteiger partial charge in [0.15, 0.2) is 5.03 Å². The lowest BCUT2D eigenvalue weighted by atomic mass is 10.7. The number of nitrogens with one attached hydrogen (secondary N) is 2. The number of aromatic nitrogens is 2. The number of rotatable bonds is 5. The topological polar surface area (TPSA) is 127 Å². The van der Waals surface area contributed by atoms with Crippen LogP contribution in [0.4, 0.5) is 4.79 Å². The van der Waals surface area contributed by atoms with Gasteiger partial charge in [0.25, 0.3) is 10.0 Å². The summed E-state index contributed by atoms with van der Waals surface area (Å²) in [5, 5.41) is 5.74. The number of primary amides is 1. The van der Waals surface area contributed by atoms with E-state index in [1.807, 2.05) is 0 Å². The number of hydrogen-bond acceptors (Lipinski definition) is 5. The van der Waals surface area contributed by atoms with Gasteiger partial charge in [-0.05, 0) is 6.07 Å². The number of aromatic amines is 1. The molecule has 0 fully saturated rings. The zero-order valence-electron chi connectivity index (χ0n) is 7.63. The first-order chi connectivity index (χ1) is 7.02. The van der Waals surface area contributed by atoms with Gasteiger partial charge < -0.3 is 10.5 Å². The van der Waals surface area contributed by atoms with Crippen LogP contribution in [0.5, 0.6) is 0 Å². The maximum absolute atomic E-state index is 11.4. The van der Waals surface area contributed by atoms with E-state index in [4.69, 9.17) is 0 Å². The summed E-state index contributed by atoms with van der Waals surface area (Å²) in [7, 11) is -3.62. The van der Waals surface area contributed by atoms with E-state index in [1.165, 1.54) is 12.3 Å². The predicted octanol–water partition coefficient (Wildman–Crippen LogP) is -1.22. The second-order valence-electron chi connectivity index (χ2n) is 2.49. The van der Waals surface area contributed by atoms with Gasteiger partial charge in [0.2, 0.25) is 0 Å². The molecule has 0 aliphatic heterocycles. The Balaban J connectivity index is 2.42. The van der Waals surface area contributed by atoms with Gasteiger partial charge in [0.05, 0.1) is 6.20 Å². The van der Waals surface area contributed by atoms with E-state index >= 15 is 0 Å². The quantitative estimate of drug-likeness (QED) is 0.550. The Morgan fingerprint density at radius 3 is 2.93 bits per heavy atom. The molecule has 0 unspecified atom stereocenters. The second-order valence-corrected chi connectivity index (χ2v) is 4.22. The highest BCUT2D eigenvalue weighted by atomic mass is 32.2. The average molecular weight is 234 g/mol. The molecule has 1 amide bonds. The first kappa shape index (κ1) is 11.5. The summed E-state index contributed by atoms with van der Waals surface area (Å²) in [6, 6.07) is 1.30.